The molecule has 172 valence electrons. The molecule has 0 saturated heterocycles. The van der Waals surface area contributed by atoms with E-state index in [1.165, 1.54) is 49.7 Å². The molecule has 32 heavy (non-hydrogen) atoms. The van der Waals surface area contributed by atoms with Gasteiger partial charge in [0, 0.05) is 17.0 Å². The van der Waals surface area contributed by atoms with Crippen LogP contribution in [0, 0.1) is 13.8 Å². The Kier molecular flexibility index (Phi) is 7.28. The molecule has 2 saturated carbocycles. The highest BCUT2D eigenvalue weighted by atomic mass is 16.3. The molecule has 2 aromatic carbocycles. The number of aryl methyl sites for hydroxylation is 2. The minimum atomic E-state index is -0.0861. The molecular weight excluding hydrogens is 392 g/mol. The van der Waals surface area contributed by atoms with E-state index in [1.807, 2.05) is 6.08 Å². The Labute approximate surface area is 194 Å². The molecule has 0 bridgehead atoms. The number of phenols is 2. The fourth-order valence-corrected chi connectivity index (χ4v) is 6.24. The molecule has 0 unspecified atom stereocenters. The molecule has 0 aliphatic heterocycles. The lowest BCUT2D eigenvalue weighted by Gasteiger charge is -2.28. The van der Waals surface area contributed by atoms with Crippen LogP contribution in [-0.2, 0) is 0 Å². The Bertz CT molecular complexity index is 872. The topological polar surface area (TPSA) is 40.5 Å². The molecule has 2 nitrogen and oxygen atoms in total. The van der Waals surface area contributed by atoms with Crippen LogP contribution in [0.25, 0.3) is 0 Å². The van der Waals surface area contributed by atoms with E-state index in [0.717, 1.165) is 47.9 Å². The summed E-state index contributed by atoms with van der Waals surface area (Å²) in [5.74, 6) is 1.67. The van der Waals surface area contributed by atoms with Gasteiger partial charge in [-0.05, 0) is 68.9 Å². The van der Waals surface area contributed by atoms with Gasteiger partial charge in [0.25, 0.3) is 0 Å². The van der Waals surface area contributed by atoms with Crippen LogP contribution in [0.3, 0.4) is 0 Å². The van der Waals surface area contributed by atoms with Gasteiger partial charge in [-0.2, -0.15) is 0 Å². The second-order valence-electron chi connectivity index (χ2n) is 10.3. The molecule has 2 N–H and O–H groups in total. The first-order valence-corrected chi connectivity index (χ1v) is 12.8. The normalized spacial score (nSPS) is 18.2. The molecule has 4 rings (SSSR count). The molecule has 0 heterocycles. The van der Waals surface area contributed by atoms with Crippen molar-refractivity contribution in [2.45, 2.75) is 102 Å². The summed E-state index contributed by atoms with van der Waals surface area (Å²) in [6.45, 7) is 8.27. The van der Waals surface area contributed by atoms with Crippen LogP contribution in [0.1, 0.15) is 122 Å². The first-order valence-electron chi connectivity index (χ1n) is 12.8. The third kappa shape index (κ3) is 4.75. The summed E-state index contributed by atoms with van der Waals surface area (Å²) >= 11 is 0. The number of rotatable bonds is 6. The third-order valence-electron chi connectivity index (χ3n) is 7.87. The van der Waals surface area contributed by atoms with Crippen LogP contribution in [0.4, 0.5) is 0 Å². The minimum absolute atomic E-state index is 0.0861. The van der Waals surface area contributed by atoms with E-state index >= 15 is 0 Å². The van der Waals surface area contributed by atoms with E-state index in [4.69, 9.17) is 0 Å². The molecule has 0 spiro atoms. The highest BCUT2D eigenvalue weighted by Crippen LogP contribution is 2.47. The van der Waals surface area contributed by atoms with Crippen molar-refractivity contribution in [3.8, 4) is 11.5 Å². The summed E-state index contributed by atoms with van der Waals surface area (Å²) in [6.07, 6.45) is 14.8. The minimum Gasteiger partial charge on any atom is -0.507 e. The van der Waals surface area contributed by atoms with Crippen molar-refractivity contribution in [1.82, 2.24) is 0 Å². The zero-order valence-corrected chi connectivity index (χ0v) is 20.0. The number of hydrogen-bond donors (Lipinski definition) is 2. The lowest BCUT2D eigenvalue weighted by atomic mass is 9.77. The van der Waals surface area contributed by atoms with Crippen LogP contribution in [0.5, 0.6) is 11.5 Å². The van der Waals surface area contributed by atoms with Gasteiger partial charge >= 0.3 is 0 Å². The third-order valence-corrected chi connectivity index (χ3v) is 7.87. The summed E-state index contributed by atoms with van der Waals surface area (Å²) in [7, 11) is 0. The van der Waals surface area contributed by atoms with Gasteiger partial charge in [0.1, 0.15) is 11.5 Å². The smallest absolute Gasteiger partial charge is 0.122 e. The van der Waals surface area contributed by atoms with Crippen molar-refractivity contribution < 1.29 is 10.2 Å². The Hall–Kier alpha value is -2.22. The summed E-state index contributed by atoms with van der Waals surface area (Å²) < 4.78 is 0. The summed E-state index contributed by atoms with van der Waals surface area (Å²) in [6, 6.07) is 8.61. The summed E-state index contributed by atoms with van der Waals surface area (Å²) in [5, 5.41) is 23.0. The maximum absolute atomic E-state index is 11.5. The molecule has 2 aliphatic rings. The van der Waals surface area contributed by atoms with Crippen molar-refractivity contribution >= 4 is 0 Å². The predicted molar refractivity (Wildman–Crippen MR) is 134 cm³/mol. The van der Waals surface area contributed by atoms with Gasteiger partial charge in [-0.3, -0.25) is 0 Å². The molecule has 0 amide bonds. The fourth-order valence-electron chi connectivity index (χ4n) is 6.24. The zero-order valence-electron chi connectivity index (χ0n) is 20.0. The molecule has 2 aromatic rings. The predicted octanol–water partition coefficient (Wildman–Crippen LogP) is 8.52. The number of hydrogen-bond acceptors (Lipinski definition) is 2. The highest BCUT2D eigenvalue weighted by molar-refractivity contribution is 5.55. The summed E-state index contributed by atoms with van der Waals surface area (Å²) in [4.78, 5) is 0. The van der Waals surface area contributed by atoms with Crippen molar-refractivity contribution in [1.29, 1.82) is 0 Å². The van der Waals surface area contributed by atoms with Gasteiger partial charge in [0.15, 0.2) is 0 Å². The first kappa shape index (κ1) is 23.0. The molecular formula is C30H40O2. The molecule has 0 radical (unpaired) electrons. The molecule has 2 heteroatoms. The van der Waals surface area contributed by atoms with E-state index < -0.39 is 0 Å². The lowest BCUT2D eigenvalue weighted by molar-refractivity contribution is 0.404. The highest BCUT2D eigenvalue weighted by Gasteiger charge is 2.28. The quantitative estimate of drug-likeness (QED) is 0.449. The van der Waals surface area contributed by atoms with E-state index in [2.05, 4.69) is 44.7 Å². The number of benzene rings is 2. The van der Waals surface area contributed by atoms with E-state index in [-0.39, 0.29) is 5.92 Å². The van der Waals surface area contributed by atoms with Gasteiger partial charge in [0.05, 0.1) is 0 Å². The molecule has 0 aromatic heterocycles. The maximum Gasteiger partial charge on any atom is 0.122 e. The van der Waals surface area contributed by atoms with Gasteiger partial charge in [0.2, 0.25) is 0 Å². The first-order chi connectivity index (χ1) is 15.5. The van der Waals surface area contributed by atoms with Crippen LogP contribution in [0.15, 0.2) is 36.9 Å². The van der Waals surface area contributed by atoms with Crippen molar-refractivity contribution in [2.24, 2.45) is 0 Å². The monoisotopic (exact) mass is 432 g/mol. The summed E-state index contributed by atoms with van der Waals surface area (Å²) in [5.41, 5.74) is 6.47. The Balaban J connectivity index is 1.80. The number of allylic oxidation sites excluding steroid dienone is 1. The Morgan fingerprint density at radius 3 is 1.53 bits per heavy atom. The maximum atomic E-state index is 11.5. The van der Waals surface area contributed by atoms with Crippen molar-refractivity contribution in [3.05, 3.63) is 70.3 Å². The van der Waals surface area contributed by atoms with Gasteiger partial charge in [-0.15, -0.1) is 6.58 Å². The standard InChI is InChI=1S/C30H40O2/c1-4-11-24(27-18-20(2)16-25(29(27)31)22-12-7-5-8-13-22)28-19-21(3)17-26(30(28)32)23-14-9-6-10-15-23/h4,16-19,22-24,31-32H,1,5-15H2,2-3H3. The largest absolute Gasteiger partial charge is 0.507 e. The average Bonchev–Trinajstić information content (AvgIpc) is 2.81. The second kappa shape index (κ2) is 10.1. The SMILES string of the molecule is C=CCC(c1cc(C)cc(C2CCCCC2)c1O)c1cc(C)cc(C2CCCCC2)c1O. The fraction of sp³-hybridized carbons (Fsp3) is 0.533. The lowest BCUT2D eigenvalue weighted by Crippen LogP contribution is -2.10. The molecule has 2 fully saturated rings. The Morgan fingerprint density at radius 1 is 0.750 bits per heavy atom. The van der Waals surface area contributed by atoms with E-state index in [9.17, 15) is 10.2 Å². The molecule has 2 aliphatic carbocycles. The zero-order chi connectivity index (χ0) is 22.7. The van der Waals surface area contributed by atoms with E-state index in [1.54, 1.807) is 0 Å². The van der Waals surface area contributed by atoms with Crippen LogP contribution >= 0.6 is 0 Å². The van der Waals surface area contributed by atoms with Crippen LogP contribution in [-0.4, -0.2) is 10.2 Å². The second-order valence-corrected chi connectivity index (χ2v) is 10.3. The number of aromatic hydroxyl groups is 2. The van der Waals surface area contributed by atoms with E-state index in [0.29, 0.717) is 29.8 Å². The average molecular weight is 433 g/mol. The molecule has 0 atom stereocenters. The van der Waals surface area contributed by atoms with Crippen molar-refractivity contribution in [2.75, 3.05) is 0 Å². The van der Waals surface area contributed by atoms with Gasteiger partial charge in [-0.1, -0.05) is 80.0 Å². The van der Waals surface area contributed by atoms with Crippen LogP contribution in [0.2, 0.25) is 0 Å². The Morgan fingerprint density at radius 2 is 1.16 bits per heavy atom. The van der Waals surface area contributed by atoms with Gasteiger partial charge < -0.3 is 10.2 Å². The van der Waals surface area contributed by atoms with Gasteiger partial charge in [-0.25, -0.2) is 0 Å². The van der Waals surface area contributed by atoms with Crippen LogP contribution < -0.4 is 0 Å². The van der Waals surface area contributed by atoms with Crippen molar-refractivity contribution in [3.63, 3.8) is 0 Å². The number of phenolic OH excluding ortho intramolecular Hbond substituents is 2.